The summed E-state index contributed by atoms with van der Waals surface area (Å²) in [6, 6.07) is 5.22. The van der Waals surface area contributed by atoms with E-state index in [4.69, 9.17) is 14.6 Å². The number of hydrogen-bond acceptors (Lipinski definition) is 4. The zero-order valence-electron chi connectivity index (χ0n) is 15.0. The lowest BCUT2D eigenvalue weighted by Crippen LogP contribution is -2.41. The molecule has 0 saturated heterocycles. The predicted molar refractivity (Wildman–Crippen MR) is 94.3 cm³/mol. The molecule has 1 N–H and O–H groups in total. The lowest BCUT2D eigenvalue weighted by Gasteiger charge is -2.33. The van der Waals surface area contributed by atoms with E-state index in [1.165, 1.54) is 19.3 Å². The molecule has 0 aliphatic heterocycles. The molecule has 0 bridgehead atoms. The minimum absolute atomic E-state index is 0.0138. The first-order valence-corrected chi connectivity index (χ1v) is 8.99. The molecular formula is C19H27NO5. The van der Waals surface area contributed by atoms with Crippen molar-refractivity contribution in [1.29, 1.82) is 0 Å². The third-order valence-corrected chi connectivity index (χ3v) is 4.46. The largest absolute Gasteiger partial charge is 0.490 e. The fourth-order valence-electron chi connectivity index (χ4n) is 3.29. The van der Waals surface area contributed by atoms with Gasteiger partial charge in [0.1, 0.15) is 0 Å². The lowest BCUT2D eigenvalue weighted by atomic mass is 9.93. The van der Waals surface area contributed by atoms with Crippen LogP contribution in [0.4, 0.5) is 0 Å². The Morgan fingerprint density at radius 1 is 1.12 bits per heavy atom. The van der Waals surface area contributed by atoms with Gasteiger partial charge in [0.05, 0.1) is 6.61 Å². The molecule has 1 aliphatic carbocycles. The number of amides is 1. The molecule has 0 atom stereocenters. The normalized spacial score (nSPS) is 14.8. The molecule has 25 heavy (non-hydrogen) atoms. The van der Waals surface area contributed by atoms with Gasteiger partial charge in [-0.15, -0.1) is 0 Å². The smallest absolute Gasteiger partial charge is 0.341 e. The highest BCUT2D eigenvalue weighted by Gasteiger charge is 2.25. The highest BCUT2D eigenvalue weighted by atomic mass is 16.5. The summed E-state index contributed by atoms with van der Waals surface area (Å²) in [6.07, 6.45) is 5.68. The summed E-state index contributed by atoms with van der Waals surface area (Å²) >= 11 is 0. The Morgan fingerprint density at radius 2 is 1.84 bits per heavy atom. The SMILES string of the molecule is CCOc1cc(C(=O)N(CC)C2CCCCC2)ccc1OCC(=O)O. The molecule has 138 valence electrons. The van der Waals surface area contributed by atoms with Gasteiger partial charge in [-0.2, -0.15) is 0 Å². The van der Waals surface area contributed by atoms with Gasteiger partial charge in [-0.05, 0) is 44.9 Å². The quantitative estimate of drug-likeness (QED) is 0.779. The molecule has 1 aromatic carbocycles. The van der Waals surface area contributed by atoms with E-state index in [9.17, 15) is 9.59 Å². The zero-order valence-corrected chi connectivity index (χ0v) is 15.0. The number of rotatable bonds is 8. The molecule has 0 radical (unpaired) electrons. The predicted octanol–water partition coefficient (Wildman–Crippen LogP) is 3.34. The van der Waals surface area contributed by atoms with Gasteiger partial charge in [-0.1, -0.05) is 19.3 Å². The molecule has 1 amide bonds. The third-order valence-electron chi connectivity index (χ3n) is 4.46. The maximum Gasteiger partial charge on any atom is 0.341 e. The average Bonchev–Trinajstić information content (AvgIpc) is 2.62. The standard InChI is InChI=1S/C19H27NO5/c1-3-20(15-8-6-5-7-9-15)19(23)14-10-11-16(25-13-18(21)22)17(12-14)24-4-2/h10-12,15H,3-9,13H2,1-2H3,(H,21,22). The van der Waals surface area contributed by atoms with E-state index in [-0.39, 0.29) is 5.91 Å². The van der Waals surface area contributed by atoms with Crippen molar-refractivity contribution in [3.8, 4) is 11.5 Å². The summed E-state index contributed by atoms with van der Waals surface area (Å²) in [5.74, 6) is -0.340. The van der Waals surface area contributed by atoms with Crippen LogP contribution < -0.4 is 9.47 Å². The molecule has 6 nitrogen and oxygen atoms in total. The number of benzene rings is 1. The van der Waals surface area contributed by atoms with Gasteiger partial charge in [0, 0.05) is 18.2 Å². The monoisotopic (exact) mass is 349 g/mol. The number of carbonyl (C=O) groups excluding carboxylic acids is 1. The molecule has 2 rings (SSSR count). The van der Waals surface area contributed by atoms with Crippen molar-refractivity contribution in [3.63, 3.8) is 0 Å². The van der Waals surface area contributed by atoms with Gasteiger partial charge in [0.2, 0.25) is 0 Å². The van der Waals surface area contributed by atoms with Crippen LogP contribution in [0.2, 0.25) is 0 Å². The highest BCUT2D eigenvalue weighted by Crippen LogP contribution is 2.30. The van der Waals surface area contributed by atoms with Crippen LogP contribution in [0.15, 0.2) is 18.2 Å². The third kappa shape index (κ3) is 5.11. The molecule has 0 aromatic heterocycles. The molecule has 6 heteroatoms. The summed E-state index contributed by atoms with van der Waals surface area (Å²) in [5.41, 5.74) is 0.540. The van der Waals surface area contributed by atoms with Gasteiger partial charge in [0.15, 0.2) is 18.1 Å². The second-order valence-corrected chi connectivity index (χ2v) is 6.16. The number of carboxylic acid groups (broad SMARTS) is 1. The van der Waals surface area contributed by atoms with Crippen molar-refractivity contribution >= 4 is 11.9 Å². The molecule has 0 heterocycles. The van der Waals surface area contributed by atoms with Crippen LogP contribution in [0, 0.1) is 0 Å². The lowest BCUT2D eigenvalue weighted by molar-refractivity contribution is -0.139. The number of carbonyl (C=O) groups is 2. The first-order chi connectivity index (χ1) is 12.1. The van der Waals surface area contributed by atoms with E-state index in [1.807, 2.05) is 18.7 Å². The number of nitrogens with zero attached hydrogens (tertiary/aromatic N) is 1. The minimum atomic E-state index is -1.06. The van der Waals surface area contributed by atoms with Crippen LogP contribution in [-0.2, 0) is 4.79 Å². The Morgan fingerprint density at radius 3 is 2.44 bits per heavy atom. The Labute approximate surface area is 148 Å². The first-order valence-electron chi connectivity index (χ1n) is 8.99. The van der Waals surface area contributed by atoms with Crippen molar-refractivity contribution in [2.45, 2.75) is 52.0 Å². The minimum Gasteiger partial charge on any atom is -0.490 e. The van der Waals surface area contributed by atoms with Crippen molar-refractivity contribution in [2.75, 3.05) is 19.8 Å². The number of ether oxygens (including phenoxy) is 2. The van der Waals surface area contributed by atoms with Crippen LogP contribution in [0.5, 0.6) is 11.5 Å². The first kappa shape index (κ1) is 19.1. The average molecular weight is 349 g/mol. The molecule has 0 unspecified atom stereocenters. The molecule has 0 spiro atoms. The van der Waals surface area contributed by atoms with Gasteiger partial charge in [-0.25, -0.2) is 4.79 Å². The fourth-order valence-corrected chi connectivity index (χ4v) is 3.29. The van der Waals surface area contributed by atoms with E-state index in [0.717, 1.165) is 12.8 Å². The van der Waals surface area contributed by atoms with Crippen molar-refractivity contribution in [3.05, 3.63) is 23.8 Å². The number of hydrogen-bond donors (Lipinski definition) is 1. The van der Waals surface area contributed by atoms with E-state index in [0.29, 0.717) is 36.3 Å². The molecular weight excluding hydrogens is 322 g/mol. The summed E-state index contributed by atoms with van der Waals surface area (Å²) in [6.45, 7) is 4.46. The van der Waals surface area contributed by atoms with Crippen molar-refractivity contribution in [2.24, 2.45) is 0 Å². The van der Waals surface area contributed by atoms with Crippen molar-refractivity contribution < 1.29 is 24.2 Å². The van der Waals surface area contributed by atoms with E-state index < -0.39 is 12.6 Å². The molecule has 1 aromatic rings. The second kappa shape index (κ2) is 9.30. The van der Waals surface area contributed by atoms with Gasteiger partial charge in [-0.3, -0.25) is 4.79 Å². The number of carboxylic acids is 1. The van der Waals surface area contributed by atoms with Crippen molar-refractivity contribution in [1.82, 2.24) is 4.90 Å². The molecule has 1 fully saturated rings. The zero-order chi connectivity index (χ0) is 18.2. The summed E-state index contributed by atoms with van der Waals surface area (Å²) in [5, 5.41) is 8.76. The van der Waals surface area contributed by atoms with Crippen LogP contribution in [0.1, 0.15) is 56.3 Å². The van der Waals surface area contributed by atoms with Gasteiger partial charge >= 0.3 is 5.97 Å². The van der Waals surface area contributed by atoms with Crippen LogP contribution >= 0.6 is 0 Å². The maximum atomic E-state index is 12.9. The van der Waals surface area contributed by atoms with E-state index in [2.05, 4.69) is 0 Å². The second-order valence-electron chi connectivity index (χ2n) is 6.16. The number of aliphatic carboxylic acids is 1. The Kier molecular flexibility index (Phi) is 7.10. The summed E-state index contributed by atoms with van der Waals surface area (Å²) in [7, 11) is 0. The summed E-state index contributed by atoms with van der Waals surface area (Å²) in [4.78, 5) is 25.6. The van der Waals surface area contributed by atoms with Gasteiger partial charge < -0.3 is 19.5 Å². The Hall–Kier alpha value is -2.24. The van der Waals surface area contributed by atoms with Crippen LogP contribution in [0.25, 0.3) is 0 Å². The topological polar surface area (TPSA) is 76.1 Å². The van der Waals surface area contributed by atoms with E-state index in [1.54, 1.807) is 18.2 Å². The Bertz CT molecular complexity index is 595. The fraction of sp³-hybridized carbons (Fsp3) is 0.579. The van der Waals surface area contributed by atoms with Crippen LogP contribution in [-0.4, -0.2) is 47.7 Å². The van der Waals surface area contributed by atoms with Crippen LogP contribution in [0.3, 0.4) is 0 Å². The Balaban J connectivity index is 2.19. The summed E-state index contributed by atoms with van der Waals surface area (Å²) < 4.78 is 10.8. The van der Waals surface area contributed by atoms with Gasteiger partial charge in [0.25, 0.3) is 5.91 Å². The molecule has 1 aliphatic rings. The van der Waals surface area contributed by atoms with E-state index >= 15 is 0 Å². The maximum absolute atomic E-state index is 12.9. The molecule has 1 saturated carbocycles. The highest BCUT2D eigenvalue weighted by molar-refractivity contribution is 5.95.